The normalized spacial score (nSPS) is 19.2. The van der Waals surface area contributed by atoms with Gasteiger partial charge in [0.05, 0.1) is 18.6 Å². The molecule has 68 valence electrons. The molecular weight excluding hydrogens is 164 g/mol. The lowest BCUT2D eigenvalue weighted by Crippen LogP contribution is -2.48. The molecule has 0 aromatic heterocycles. The van der Waals surface area contributed by atoms with Crippen molar-refractivity contribution in [3.8, 4) is 0 Å². The van der Waals surface area contributed by atoms with Gasteiger partial charge < -0.3 is 9.53 Å². The van der Waals surface area contributed by atoms with E-state index in [4.69, 9.17) is 4.74 Å². The summed E-state index contributed by atoms with van der Waals surface area (Å²) in [7, 11) is 0. The van der Waals surface area contributed by atoms with Gasteiger partial charge in [-0.3, -0.25) is 0 Å². The monoisotopic (exact) mass is 176 g/mol. The number of carbonyl (C=O) groups excluding carboxylic acids is 1. The number of aldehydes is 1. The molecule has 0 saturated carbocycles. The summed E-state index contributed by atoms with van der Waals surface area (Å²) in [6.07, 6.45) is 1.00. The van der Waals surface area contributed by atoms with E-state index in [0.29, 0.717) is 13.2 Å². The SMILES string of the molecule is Cc1ccc(C2(C=O)COC2)cc1. The van der Waals surface area contributed by atoms with Crippen molar-refractivity contribution in [2.24, 2.45) is 0 Å². The molecule has 1 heterocycles. The number of ether oxygens (including phenoxy) is 1. The van der Waals surface area contributed by atoms with Crippen molar-refractivity contribution in [2.45, 2.75) is 12.3 Å². The third-order valence-corrected chi connectivity index (χ3v) is 2.57. The molecule has 0 unspecified atom stereocenters. The molecule has 1 aliphatic rings. The molecule has 0 aliphatic carbocycles. The minimum absolute atomic E-state index is 0.353. The Hall–Kier alpha value is -1.15. The molecule has 13 heavy (non-hydrogen) atoms. The van der Waals surface area contributed by atoms with Crippen LogP contribution in [0.5, 0.6) is 0 Å². The Morgan fingerprint density at radius 1 is 1.31 bits per heavy atom. The second kappa shape index (κ2) is 2.96. The predicted octanol–water partition coefficient (Wildman–Crippen LogP) is 1.46. The van der Waals surface area contributed by atoms with Crippen LogP contribution in [0, 0.1) is 6.92 Å². The van der Waals surface area contributed by atoms with Crippen molar-refractivity contribution >= 4 is 6.29 Å². The van der Waals surface area contributed by atoms with Crippen LogP contribution in [0.2, 0.25) is 0 Å². The molecule has 0 spiro atoms. The minimum atomic E-state index is -0.353. The number of hydrogen-bond acceptors (Lipinski definition) is 2. The molecule has 0 radical (unpaired) electrons. The molecule has 1 aromatic carbocycles. The molecule has 1 aliphatic heterocycles. The topological polar surface area (TPSA) is 26.3 Å². The number of aryl methyl sites for hydroxylation is 1. The summed E-state index contributed by atoms with van der Waals surface area (Å²) in [6, 6.07) is 8.07. The van der Waals surface area contributed by atoms with E-state index >= 15 is 0 Å². The zero-order valence-electron chi connectivity index (χ0n) is 7.62. The molecule has 1 saturated heterocycles. The summed E-state index contributed by atoms with van der Waals surface area (Å²) in [6.45, 7) is 3.09. The van der Waals surface area contributed by atoms with Crippen LogP contribution in [-0.4, -0.2) is 19.5 Å². The quantitative estimate of drug-likeness (QED) is 0.638. The zero-order chi connectivity index (χ0) is 9.31. The fourth-order valence-corrected chi connectivity index (χ4v) is 1.51. The summed E-state index contributed by atoms with van der Waals surface area (Å²) in [5, 5.41) is 0. The van der Waals surface area contributed by atoms with Gasteiger partial charge in [-0.15, -0.1) is 0 Å². The summed E-state index contributed by atoms with van der Waals surface area (Å²) in [5.41, 5.74) is 1.93. The van der Waals surface area contributed by atoms with Crippen LogP contribution in [0.4, 0.5) is 0 Å². The molecule has 0 amide bonds. The first-order valence-corrected chi connectivity index (χ1v) is 4.38. The van der Waals surface area contributed by atoms with Crippen molar-refractivity contribution < 1.29 is 9.53 Å². The Bertz CT molecular complexity index is 309. The molecule has 0 bridgehead atoms. The molecule has 0 N–H and O–H groups in total. The highest BCUT2D eigenvalue weighted by Gasteiger charge is 2.40. The van der Waals surface area contributed by atoms with Crippen LogP contribution in [0.25, 0.3) is 0 Å². The molecule has 1 aromatic rings. The van der Waals surface area contributed by atoms with Gasteiger partial charge in [-0.05, 0) is 12.5 Å². The molecular formula is C11H12O2. The maximum atomic E-state index is 10.9. The van der Waals surface area contributed by atoms with E-state index in [1.54, 1.807) is 0 Å². The summed E-state index contributed by atoms with van der Waals surface area (Å²) < 4.78 is 5.08. The molecule has 2 heteroatoms. The lowest BCUT2D eigenvalue weighted by molar-refractivity contribution is -0.129. The van der Waals surface area contributed by atoms with E-state index in [2.05, 4.69) is 0 Å². The Balaban J connectivity index is 2.33. The Labute approximate surface area is 77.5 Å². The molecule has 2 rings (SSSR count). The number of rotatable bonds is 2. The third-order valence-electron chi connectivity index (χ3n) is 2.57. The van der Waals surface area contributed by atoms with Gasteiger partial charge in [-0.1, -0.05) is 29.8 Å². The van der Waals surface area contributed by atoms with Gasteiger partial charge in [0.1, 0.15) is 6.29 Å². The van der Waals surface area contributed by atoms with Crippen molar-refractivity contribution in [2.75, 3.05) is 13.2 Å². The van der Waals surface area contributed by atoms with Crippen molar-refractivity contribution in [3.05, 3.63) is 35.4 Å². The van der Waals surface area contributed by atoms with E-state index in [0.717, 1.165) is 11.8 Å². The van der Waals surface area contributed by atoms with Crippen molar-refractivity contribution in [3.63, 3.8) is 0 Å². The summed E-state index contributed by atoms with van der Waals surface area (Å²) in [5.74, 6) is 0. The Kier molecular flexibility index (Phi) is 1.93. The lowest BCUT2D eigenvalue weighted by atomic mass is 9.80. The zero-order valence-corrected chi connectivity index (χ0v) is 7.62. The lowest BCUT2D eigenvalue weighted by Gasteiger charge is -2.36. The highest BCUT2D eigenvalue weighted by Crippen LogP contribution is 2.30. The van der Waals surface area contributed by atoms with Gasteiger partial charge >= 0.3 is 0 Å². The fourth-order valence-electron chi connectivity index (χ4n) is 1.51. The number of hydrogen-bond donors (Lipinski definition) is 0. The fraction of sp³-hybridized carbons (Fsp3) is 0.364. The Morgan fingerprint density at radius 2 is 1.92 bits per heavy atom. The van der Waals surface area contributed by atoms with E-state index in [9.17, 15) is 4.79 Å². The molecule has 0 atom stereocenters. The maximum absolute atomic E-state index is 10.9. The average Bonchev–Trinajstić information content (AvgIpc) is 2.07. The number of benzene rings is 1. The Morgan fingerprint density at radius 3 is 2.31 bits per heavy atom. The van der Waals surface area contributed by atoms with Gasteiger partial charge in [-0.2, -0.15) is 0 Å². The largest absolute Gasteiger partial charge is 0.379 e. The van der Waals surface area contributed by atoms with Crippen LogP contribution in [0.15, 0.2) is 24.3 Å². The second-order valence-corrected chi connectivity index (χ2v) is 3.63. The van der Waals surface area contributed by atoms with Crippen LogP contribution in [-0.2, 0) is 14.9 Å². The highest BCUT2D eigenvalue weighted by atomic mass is 16.5. The minimum Gasteiger partial charge on any atom is -0.379 e. The first-order chi connectivity index (χ1) is 6.27. The van der Waals surface area contributed by atoms with Gasteiger partial charge in [0.25, 0.3) is 0 Å². The number of carbonyl (C=O) groups is 1. The van der Waals surface area contributed by atoms with E-state index in [-0.39, 0.29) is 5.41 Å². The third kappa shape index (κ3) is 1.27. The van der Waals surface area contributed by atoms with Crippen LogP contribution < -0.4 is 0 Å². The first-order valence-electron chi connectivity index (χ1n) is 4.38. The van der Waals surface area contributed by atoms with Gasteiger partial charge in [-0.25, -0.2) is 0 Å². The van der Waals surface area contributed by atoms with Crippen LogP contribution >= 0.6 is 0 Å². The summed E-state index contributed by atoms with van der Waals surface area (Å²) in [4.78, 5) is 10.9. The van der Waals surface area contributed by atoms with Gasteiger partial charge in [0.2, 0.25) is 0 Å². The van der Waals surface area contributed by atoms with Crippen LogP contribution in [0.3, 0.4) is 0 Å². The molecule has 1 fully saturated rings. The standard InChI is InChI=1S/C11H12O2/c1-9-2-4-10(5-3-9)11(6-12)7-13-8-11/h2-6H,7-8H2,1H3. The average molecular weight is 176 g/mol. The molecule has 2 nitrogen and oxygen atoms in total. The highest BCUT2D eigenvalue weighted by molar-refractivity contribution is 5.70. The summed E-state index contributed by atoms with van der Waals surface area (Å²) >= 11 is 0. The van der Waals surface area contributed by atoms with E-state index < -0.39 is 0 Å². The maximum Gasteiger partial charge on any atom is 0.135 e. The van der Waals surface area contributed by atoms with E-state index in [1.807, 2.05) is 31.2 Å². The smallest absolute Gasteiger partial charge is 0.135 e. The van der Waals surface area contributed by atoms with Gasteiger partial charge in [0, 0.05) is 0 Å². The van der Waals surface area contributed by atoms with Crippen LogP contribution in [0.1, 0.15) is 11.1 Å². The van der Waals surface area contributed by atoms with Gasteiger partial charge in [0.15, 0.2) is 0 Å². The second-order valence-electron chi connectivity index (χ2n) is 3.63. The first kappa shape index (κ1) is 8.45. The van der Waals surface area contributed by atoms with Crippen molar-refractivity contribution in [1.82, 2.24) is 0 Å². The van der Waals surface area contributed by atoms with E-state index in [1.165, 1.54) is 5.56 Å². The predicted molar refractivity (Wildman–Crippen MR) is 49.7 cm³/mol. The van der Waals surface area contributed by atoms with Crippen molar-refractivity contribution in [1.29, 1.82) is 0 Å².